The summed E-state index contributed by atoms with van der Waals surface area (Å²) in [6, 6.07) is 3.63. The van der Waals surface area contributed by atoms with E-state index in [1.807, 2.05) is 6.07 Å². The third kappa shape index (κ3) is 4.06. The number of carbonyl (C=O) groups is 2. The van der Waals surface area contributed by atoms with Crippen LogP contribution in [0.2, 0.25) is 0 Å². The van der Waals surface area contributed by atoms with Crippen molar-refractivity contribution in [3.05, 3.63) is 30.1 Å². The van der Waals surface area contributed by atoms with Gasteiger partial charge < -0.3 is 10.2 Å². The van der Waals surface area contributed by atoms with Crippen LogP contribution >= 0.6 is 0 Å². The summed E-state index contributed by atoms with van der Waals surface area (Å²) in [5.41, 5.74) is -0.989. The van der Waals surface area contributed by atoms with E-state index < -0.39 is 11.6 Å². The molecule has 1 saturated carbocycles. The van der Waals surface area contributed by atoms with Crippen molar-refractivity contribution in [1.82, 2.24) is 15.2 Å². The van der Waals surface area contributed by atoms with Gasteiger partial charge in [0.2, 0.25) is 5.91 Å². The van der Waals surface area contributed by atoms with Gasteiger partial charge in [-0.15, -0.1) is 0 Å². The molecule has 3 rings (SSSR count). The predicted octanol–water partition coefficient (Wildman–Crippen LogP) is 1.48. The summed E-state index contributed by atoms with van der Waals surface area (Å²) in [6.07, 6.45) is 5.97. The maximum atomic E-state index is 14.7. The maximum Gasteiger partial charge on any atom is 0.257 e. The van der Waals surface area contributed by atoms with Gasteiger partial charge in [0.1, 0.15) is 0 Å². The molecule has 2 fully saturated rings. The summed E-state index contributed by atoms with van der Waals surface area (Å²) in [5.74, 6) is -0.0223. The Labute approximate surface area is 135 Å². The minimum absolute atomic E-state index is 0.0431. The summed E-state index contributed by atoms with van der Waals surface area (Å²) in [7, 11) is 0. The summed E-state index contributed by atoms with van der Waals surface area (Å²) in [4.78, 5) is 29.9. The van der Waals surface area contributed by atoms with E-state index in [1.165, 1.54) is 0 Å². The molecule has 0 unspecified atom stereocenters. The zero-order valence-corrected chi connectivity index (χ0v) is 13.1. The standard InChI is InChI=1S/C17H22FN3O2/c18-17(16(23)20-12-13-3-4-13)5-8-21(9-6-17)15(22)10-14-2-1-7-19-11-14/h1-2,7,11,13H,3-6,8-10,12H2,(H,20,23). The molecular formula is C17H22FN3O2. The van der Waals surface area contributed by atoms with Gasteiger partial charge in [0.05, 0.1) is 6.42 Å². The Kier molecular flexibility index (Phi) is 4.59. The number of rotatable bonds is 5. The Bertz CT molecular complexity index is 566. The fraction of sp³-hybridized carbons (Fsp3) is 0.588. The summed E-state index contributed by atoms with van der Waals surface area (Å²) in [5, 5.41) is 2.71. The van der Waals surface area contributed by atoms with Gasteiger partial charge in [-0.25, -0.2) is 4.39 Å². The van der Waals surface area contributed by atoms with Crippen LogP contribution < -0.4 is 5.32 Å². The summed E-state index contributed by atoms with van der Waals surface area (Å²) >= 11 is 0. The zero-order chi connectivity index (χ0) is 16.3. The molecule has 23 heavy (non-hydrogen) atoms. The Morgan fingerprint density at radius 1 is 1.35 bits per heavy atom. The number of hydrogen-bond donors (Lipinski definition) is 1. The number of amides is 2. The smallest absolute Gasteiger partial charge is 0.257 e. The van der Waals surface area contributed by atoms with Crippen molar-refractivity contribution in [1.29, 1.82) is 0 Å². The van der Waals surface area contributed by atoms with E-state index in [4.69, 9.17) is 0 Å². The van der Waals surface area contributed by atoms with Crippen LogP contribution in [0.1, 0.15) is 31.2 Å². The molecule has 124 valence electrons. The molecule has 1 aromatic heterocycles. The van der Waals surface area contributed by atoms with Crippen molar-refractivity contribution >= 4 is 11.8 Å². The van der Waals surface area contributed by atoms with Crippen LogP contribution in [-0.4, -0.2) is 47.0 Å². The largest absolute Gasteiger partial charge is 0.353 e. The minimum atomic E-state index is -1.83. The van der Waals surface area contributed by atoms with Crippen LogP contribution in [0.5, 0.6) is 0 Å². The Morgan fingerprint density at radius 2 is 2.09 bits per heavy atom. The van der Waals surface area contributed by atoms with Crippen molar-refractivity contribution in [2.75, 3.05) is 19.6 Å². The average Bonchev–Trinajstić information content (AvgIpc) is 3.38. The molecule has 1 aromatic rings. The average molecular weight is 319 g/mol. The van der Waals surface area contributed by atoms with Gasteiger partial charge in [0.15, 0.2) is 5.67 Å². The second-order valence-electron chi connectivity index (χ2n) is 6.54. The van der Waals surface area contributed by atoms with Gasteiger partial charge >= 0.3 is 0 Å². The molecule has 0 aromatic carbocycles. The second-order valence-corrected chi connectivity index (χ2v) is 6.54. The minimum Gasteiger partial charge on any atom is -0.353 e. The topological polar surface area (TPSA) is 62.3 Å². The number of piperidine rings is 1. The van der Waals surface area contributed by atoms with Gasteiger partial charge in [-0.2, -0.15) is 0 Å². The van der Waals surface area contributed by atoms with Crippen LogP contribution in [0.25, 0.3) is 0 Å². The highest BCUT2D eigenvalue weighted by atomic mass is 19.1. The molecule has 6 heteroatoms. The molecule has 2 aliphatic rings. The number of carbonyl (C=O) groups excluding carboxylic acids is 2. The van der Waals surface area contributed by atoms with Gasteiger partial charge in [-0.1, -0.05) is 6.07 Å². The molecule has 1 aliphatic carbocycles. The highest BCUT2D eigenvalue weighted by Gasteiger charge is 2.42. The Morgan fingerprint density at radius 3 is 2.70 bits per heavy atom. The van der Waals surface area contributed by atoms with Gasteiger partial charge in [-0.3, -0.25) is 14.6 Å². The molecule has 5 nitrogen and oxygen atoms in total. The number of pyridine rings is 1. The lowest BCUT2D eigenvalue weighted by atomic mass is 9.92. The van der Waals surface area contributed by atoms with Crippen LogP contribution in [0.3, 0.4) is 0 Å². The SMILES string of the molecule is O=C(Cc1cccnc1)N1CCC(F)(C(=O)NCC2CC2)CC1. The Balaban J connectivity index is 1.48. The molecule has 2 amide bonds. The van der Waals surface area contributed by atoms with Crippen molar-refractivity contribution in [2.24, 2.45) is 5.92 Å². The third-order valence-corrected chi connectivity index (χ3v) is 4.64. The normalized spacial score (nSPS) is 20.1. The van der Waals surface area contributed by atoms with E-state index in [9.17, 15) is 14.0 Å². The van der Waals surface area contributed by atoms with Crippen LogP contribution in [0, 0.1) is 5.92 Å². The number of hydrogen-bond acceptors (Lipinski definition) is 3. The van der Waals surface area contributed by atoms with E-state index >= 15 is 0 Å². The van der Waals surface area contributed by atoms with Gasteiger partial charge in [-0.05, 0) is 30.4 Å². The molecule has 0 radical (unpaired) electrons. The predicted molar refractivity (Wildman–Crippen MR) is 83.3 cm³/mol. The fourth-order valence-electron chi connectivity index (χ4n) is 2.84. The molecule has 1 saturated heterocycles. The fourth-order valence-corrected chi connectivity index (χ4v) is 2.84. The number of nitrogens with one attached hydrogen (secondary N) is 1. The lowest BCUT2D eigenvalue weighted by Gasteiger charge is -2.35. The van der Waals surface area contributed by atoms with E-state index in [1.54, 1.807) is 23.4 Å². The van der Waals surface area contributed by atoms with Crippen LogP contribution in [-0.2, 0) is 16.0 Å². The second kappa shape index (κ2) is 6.64. The van der Waals surface area contributed by atoms with Crippen molar-refractivity contribution in [2.45, 2.75) is 37.8 Å². The third-order valence-electron chi connectivity index (χ3n) is 4.64. The number of aromatic nitrogens is 1. The van der Waals surface area contributed by atoms with Crippen molar-refractivity contribution < 1.29 is 14.0 Å². The first kappa shape index (κ1) is 15.9. The van der Waals surface area contributed by atoms with Gasteiger partial charge in [0.25, 0.3) is 5.91 Å². The van der Waals surface area contributed by atoms with Crippen LogP contribution in [0.15, 0.2) is 24.5 Å². The van der Waals surface area contributed by atoms with Gasteiger partial charge in [0, 0.05) is 44.9 Å². The lowest BCUT2D eigenvalue weighted by molar-refractivity contribution is -0.141. The summed E-state index contributed by atoms with van der Waals surface area (Å²) < 4.78 is 14.7. The monoisotopic (exact) mass is 319 g/mol. The quantitative estimate of drug-likeness (QED) is 0.894. The van der Waals surface area contributed by atoms with E-state index in [-0.39, 0.29) is 38.3 Å². The first-order valence-corrected chi connectivity index (χ1v) is 8.21. The Hall–Kier alpha value is -1.98. The maximum absolute atomic E-state index is 14.7. The summed E-state index contributed by atoms with van der Waals surface area (Å²) in [6.45, 7) is 1.15. The van der Waals surface area contributed by atoms with E-state index in [0.717, 1.165) is 18.4 Å². The molecule has 0 spiro atoms. The highest BCUT2D eigenvalue weighted by Crippen LogP contribution is 2.30. The molecule has 0 atom stereocenters. The first-order chi connectivity index (χ1) is 11.1. The van der Waals surface area contributed by atoms with E-state index in [2.05, 4.69) is 10.3 Å². The molecular weight excluding hydrogens is 297 g/mol. The molecule has 1 aliphatic heterocycles. The molecule has 2 heterocycles. The number of nitrogens with zero attached hydrogens (tertiary/aromatic N) is 2. The zero-order valence-electron chi connectivity index (χ0n) is 13.1. The van der Waals surface area contributed by atoms with Crippen LogP contribution in [0.4, 0.5) is 4.39 Å². The van der Waals surface area contributed by atoms with E-state index in [0.29, 0.717) is 12.5 Å². The highest BCUT2D eigenvalue weighted by molar-refractivity contribution is 5.86. The van der Waals surface area contributed by atoms with Crippen molar-refractivity contribution in [3.63, 3.8) is 0 Å². The lowest BCUT2D eigenvalue weighted by Crippen LogP contribution is -2.52. The molecule has 1 N–H and O–H groups in total. The number of likely N-dealkylation sites (tertiary alicyclic amines) is 1. The first-order valence-electron chi connectivity index (χ1n) is 8.21. The number of alkyl halides is 1. The molecule has 0 bridgehead atoms. The van der Waals surface area contributed by atoms with Crippen molar-refractivity contribution in [3.8, 4) is 0 Å². The number of halogens is 1.